The Kier molecular flexibility index (Phi) is 8.55. The number of rotatable bonds is 7. The molecule has 0 saturated carbocycles. The molecule has 0 aliphatic heterocycles. The smallest absolute Gasteiger partial charge is 0.0547 e. The quantitative estimate of drug-likeness (QED) is 0.156. The van der Waals surface area contributed by atoms with Crippen LogP contribution >= 0.6 is 0 Å². The first-order chi connectivity index (χ1) is 31.0. The molecule has 0 saturated heterocycles. The number of para-hydroxylation sites is 1. The van der Waals surface area contributed by atoms with E-state index in [9.17, 15) is 0 Å². The van der Waals surface area contributed by atoms with E-state index in [1.165, 1.54) is 93.9 Å². The van der Waals surface area contributed by atoms with Gasteiger partial charge in [0.15, 0.2) is 0 Å². The molecule has 0 bridgehead atoms. The van der Waals surface area contributed by atoms with Gasteiger partial charge in [0.05, 0.1) is 11.0 Å². The Morgan fingerprint density at radius 1 is 0.349 bits per heavy atom. The standard InChI is InChI=1S/C61H44N2/c1-61(2)56-23-12-11-22-53(56)54-35-34-51(40-57(54)61)62(50-20-13-17-46(38-50)41-14-5-3-6-15-41)49-32-28-43(29-33-49)42-24-26-44(27-25-42)47-31-36-58-55(39-47)60-52-21-10-9-16-45(52)30-37-59(60)63(58)48-18-7-4-8-19-48/h3-40H,1-2H3. The number of hydrogen-bond acceptors (Lipinski definition) is 1. The number of nitrogens with zero attached hydrogens (tertiary/aromatic N) is 2. The van der Waals surface area contributed by atoms with Gasteiger partial charge < -0.3 is 9.47 Å². The molecule has 1 heterocycles. The molecule has 298 valence electrons. The van der Waals surface area contributed by atoms with Gasteiger partial charge in [0, 0.05) is 38.9 Å². The van der Waals surface area contributed by atoms with Gasteiger partial charge in [-0.15, -0.1) is 0 Å². The van der Waals surface area contributed by atoms with Crippen LogP contribution in [0.1, 0.15) is 25.0 Å². The first-order valence-corrected chi connectivity index (χ1v) is 21.9. The lowest BCUT2D eigenvalue weighted by Crippen LogP contribution is -2.16. The zero-order valence-electron chi connectivity index (χ0n) is 35.3. The number of anilines is 3. The lowest BCUT2D eigenvalue weighted by Gasteiger charge is -2.28. The topological polar surface area (TPSA) is 8.17 Å². The van der Waals surface area contributed by atoms with Gasteiger partial charge in [-0.05, 0) is 133 Å². The van der Waals surface area contributed by atoms with Crippen LogP contribution in [0.4, 0.5) is 17.1 Å². The average Bonchev–Trinajstić information content (AvgIpc) is 3.80. The van der Waals surface area contributed by atoms with Crippen molar-refractivity contribution in [1.82, 2.24) is 4.57 Å². The van der Waals surface area contributed by atoms with Crippen LogP contribution in [0.5, 0.6) is 0 Å². The molecule has 0 atom stereocenters. The van der Waals surface area contributed by atoms with Crippen LogP contribution in [0.3, 0.4) is 0 Å². The molecule has 2 heteroatoms. The maximum absolute atomic E-state index is 2.41. The fourth-order valence-corrected chi connectivity index (χ4v) is 10.2. The van der Waals surface area contributed by atoms with Gasteiger partial charge in [0.25, 0.3) is 0 Å². The highest BCUT2D eigenvalue weighted by Crippen LogP contribution is 2.51. The summed E-state index contributed by atoms with van der Waals surface area (Å²) in [7, 11) is 0. The van der Waals surface area contributed by atoms with Gasteiger partial charge in [-0.2, -0.15) is 0 Å². The fourth-order valence-electron chi connectivity index (χ4n) is 10.2. The van der Waals surface area contributed by atoms with E-state index in [0.717, 1.165) is 17.1 Å². The second kappa shape index (κ2) is 14.6. The summed E-state index contributed by atoms with van der Waals surface area (Å²) < 4.78 is 2.40. The molecule has 11 aromatic rings. The van der Waals surface area contributed by atoms with Crippen molar-refractivity contribution in [3.63, 3.8) is 0 Å². The lowest BCUT2D eigenvalue weighted by molar-refractivity contribution is 0.660. The van der Waals surface area contributed by atoms with E-state index in [2.05, 4.69) is 254 Å². The molecule has 0 radical (unpaired) electrons. The van der Waals surface area contributed by atoms with Crippen LogP contribution in [0, 0.1) is 0 Å². The molecule has 0 fully saturated rings. The largest absolute Gasteiger partial charge is 0.310 e. The normalized spacial score (nSPS) is 12.7. The predicted octanol–water partition coefficient (Wildman–Crippen LogP) is 16.7. The first kappa shape index (κ1) is 36.9. The summed E-state index contributed by atoms with van der Waals surface area (Å²) in [6.07, 6.45) is 0. The van der Waals surface area contributed by atoms with E-state index in [-0.39, 0.29) is 5.41 Å². The van der Waals surface area contributed by atoms with Crippen molar-refractivity contribution in [3.8, 4) is 50.2 Å². The summed E-state index contributed by atoms with van der Waals surface area (Å²) in [5.74, 6) is 0. The van der Waals surface area contributed by atoms with Crippen LogP contribution in [0.25, 0.3) is 82.8 Å². The van der Waals surface area contributed by atoms with Crippen molar-refractivity contribution >= 4 is 49.6 Å². The third-order valence-electron chi connectivity index (χ3n) is 13.4. The molecule has 0 spiro atoms. The van der Waals surface area contributed by atoms with Crippen molar-refractivity contribution in [3.05, 3.63) is 242 Å². The molecule has 1 aliphatic rings. The summed E-state index contributed by atoms with van der Waals surface area (Å²) >= 11 is 0. The maximum atomic E-state index is 2.41. The van der Waals surface area contributed by atoms with Crippen LogP contribution in [0.15, 0.2) is 231 Å². The number of aromatic nitrogens is 1. The second-order valence-corrected chi connectivity index (χ2v) is 17.4. The minimum Gasteiger partial charge on any atom is -0.310 e. The first-order valence-electron chi connectivity index (χ1n) is 21.9. The summed E-state index contributed by atoms with van der Waals surface area (Å²) in [5, 5.41) is 5.08. The van der Waals surface area contributed by atoms with Crippen molar-refractivity contribution in [2.45, 2.75) is 19.3 Å². The third kappa shape index (κ3) is 6.09. The Labute approximate surface area is 368 Å². The highest BCUT2D eigenvalue weighted by molar-refractivity contribution is 6.22. The van der Waals surface area contributed by atoms with E-state index in [1.807, 2.05) is 0 Å². The van der Waals surface area contributed by atoms with Crippen LogP contribution in [-0.4, -0.2) is 4.57 Å². The highest BCUT2D eigenvalue weighted by Gasteiger charge is 2.35. The van der Waals surface area contributed by atoms with Crippen molar-refractivity contribution < 1.29 is 0 Å². The molecule has 1 aromatic heterocycles. The lowest BCUT2D eigenvalue weighted by atomic mass is 9.82. The third-order valence-corrected chi connectivity index (χ3v) is 13.4. The van der Waals surface area contributed by atoms with Crippen LogP contribution in [0.2, 0.25) is 0 Å². The number of fused-ring (bicyclic) bond motifs is 8. The van der Waals surface area contributed by atoms with Crippen molar-refractivity contribution in [2.75, 3.05) is 4.90 Å². The summed E-state index contributed by atoms with van der Waals surface area (Å²) in [4.78, 5) is 2.41. The molecule has 10 aromatic carbocycles. The molecule has 0 unspecified atom stereocenters. The van der Waals surface area contributed by atoms with Crippen molar-refractivity contribution in [2.24, 2.45) is 0 Å². The molecular weight excluding hydrogens is 761 g/mol. The van der Waals surface area contributed by atoms with Gasteiger partial charge in [-0.1, -0.05) is 178 Å². The van der Waals surface area contributed by atoms with E-state index < -0.39 is 0 Å². The molecule has 63 heavy (non-hydrogen) atoms. The Morgan fingerprint density at radius 3 is 1.70 bits per heavy atom. The Morgan fingerprint density at radius 2 is 0.905 bits per heavy atom. The number of benzene rings is 10. The van der Waals surface area contributed by atoms with Gasteiger partial charge in [0.1, 0.15) is 0 Å². The van der Waals surface area contributed by atoms with Crippen LogP contribution < -0.4 is 4.90 Å². The summed E-state index contributed by atoms with van der Waals surface area (Å²) in [5.41, 5.74) is 19.5. The molecule has 12 rings (SSSR count). The highest BCUT2D eigenvalue weighted by atomic mass is 15.1. The number of hydrogen-bond donors (Lipinski definition) is 0. The van der Waals surface area contributed by atoms with Gasteiger partial charge in [-0.3, -0.25) is 0 Å². The maximum Gasteiger partial charge on any atom is 0.0547 e. The molecular formula is C61H44N2. The molecule has 1 aliphatic carbocycles. The van der Waals surface area contributed by atoms with E-state index in [0.29, 0.717) is 0 Å². The second-order valence-electron chi connectivity index (χ2n) is 17.4. The molecule has 0 amide bonds. The summed E-state index contributed by atoms with van der Waals surface area (Å²) in [6, 6.07) is 84.5. The average molecular weight is 805 g/mol. The van der Waals surface area contributed by atoms with E-state index in [4.69, 9.17) is 0 Å². The summed E-state index contributed by atoms with van der Waals surface area (Å²) in [6.45, 7) is 4.71. The minimum atomic E-state index is -0.101. The minimum absolute atomic E-state index is 0.101. The van der Waals surface area contributed by atoms with Crippen molar-refractivity contribution in [1.29, 1.82) is 0 Å². The predicted molar refractivity (Wildman–Crippen MR) is 267 cm³/mol. The SMILES string of the molecule is CC1(C)c2ccccc2-c2ccc(N(c3ccc(-c4ccc(-c5ccc6c(c5)c5c7ccccc7ccc5n6-c5ccccc5)cc4)cc3)c3cccc(-c4ccccc4)c3)cc21. The van der Waals surface area contributed by atoms with Crippen LogP contribution in [-0.2, 0) is 5.41 Å². The Hall–Kier alpha value is -7.94. The Balaban J connectivity index is 0.911. The van der Waals surface area contributed by atoms with E-state index >= 15 is 0 Å². The van der Waals surface area contributed by atoms with Gasteiger partial charge in [0.2, 0.25) is 0 Å². The van der Waals surface area contributed by atoms with Gasteiger partial charge >= 0.3 is 0 Å². The van der Waals surface area contributed by atoms with E-state index in [1.54, 1.807) is 0 Å². The Bertz CT molecular complexity index is 3500. The van der Waals surface area contributed by atoms with Gasteiger partial charge in [-0.25, -0.2) is 0 Å². The monoisotopic (exact) mass is 804 g/mol. The molecule has 2 nitrogen and oxygen atoms in total. The zero-order chi connectivity index (χ0) is 42.1. The zero-order valence-corrected chi connectivity index (χ0v) is 35.3. The molecule has 0 N–H and O–H groups in total. The fraction of sp³-hybridized carbons (Fsp3) is 0.0492.